The number of halogens is 2. The molecule has 0 aliphatic carbocycles. The van der Waals surface area contributed by atoms with Gasteiger partial charge in [-0.3, -0.25) is 9.69 Å². The molecule has 112 valence electrons. The van der Waals surface area contributed by atoms with Crippen LogP contribution in [0, 0.1) is 11.6 Å². The Labute approximate surface area is 118 Å². The largest absolute Gasteiger partial charge is 0.396 e. The monoisotopic (exact) mass is 285 g/mol. The van der Waals surface area contributed by atoms with E-state index in [1.165, 1.54) is 6.07 Å². The van der Waals surface area contributed by atoms with E-state index >= 15 is 0 Å². The van der Waals surface area contributed by atoms with Gasteiger partial charge in [0.1, 0.15) is 0 Å². The quantitative estimate of drug-likeness (QED) is 0.783. The Morgan fingerprint density at radius 3 is 2.40 bits per heavy atom. The molecule has 0 spiro atoms. The number of Topliss-reactive ketones (excluding diaryl/α,β-unsaturated/α-hetero) is 1. The van der Waals surface area contributed by atoms with Gasteiger partial charge in [-0.1, -0.05) is 0 Å². The van der Waals surface area contributed by atoms with Crippen molar-refractivity contribution >= 4 is 5.78 Å². The highest BCUT2D eigenvalue weighted by Gasteiger charge is 2.24. The van der Waals surface area contributed by atoms with Gasteiger partial charge in [0.15, 0.2) is 17.4 Å². The summed E-state index contributed by atoms with van der Waals surface area (Å²) in [7, 11) is 0. The molecule has 1 rings (SSSR count). The maximum Gasteiger partial charge on any atom is 0.179 e. The number of hydrogen-bond acceptors (Lipinski definition) is 3. The summed E-state index contributed by atoms with van der Waals surface area (Å²) >= 11 is 0. The maximum atomic E-state index is 13.2. The molecule has 1 unspecified atom stereocenters. The molecule has 0 saturated heterocycles. The van der Waals surface area contributed by atoms with E-state index in [4.69, 9.17) is 5.11 Å². The highest BCUT2D eigenvalue weighted by atomic mass is 19.2. The van der Waals surface area contributed by atoms with Crippen LogP contribution in [0.15, 0.2) is 18.2 Å². The lowest BCUT2D eigenvalue weighted by Gasteiger charge is -2.31. The SMILES string of the molecule is CC(C)N(CCCO)C(C)C(=O)c1ccc(F)c(F)c1. The number of rotatable bonds is 7. The van der Waals surface area contributed by atoms with Crippen LogP contribution in [0.5, 0.6) is 0 Å². The summed E-state index contributed by atoms with van der Waals surface area (Å²) in [5.41, 5.74) is 0.158. The molecule has 0 heterocycles. The predicted molar refractivity (Wildman–Crippen MR) is 73.7 cm³/mol. The number of aliphatic hydroxyl groups is 1. The Kier molecular flexibility index (Phi) is 6.23. The first-order valence-corrected chi connectivity index (χ1v) is 6.74. The van der Waals surface area contributed by atoms with Crippen LogP contribution in [0.3, 0.4) is 0 Å². The van der Waals surface area contributed by atoms with Crippen LogP contribution in [0.1, 0.15) is 37.6 Å². The Bertz CT molecular complexity index is 463. The first-order valence-electron chi connectivity index (χ1n) is 6.74. The van der Waals surface area contributed by atoms with Gasteiger partial charge < -0.3 is 5.11 Å². The van der Waals surface area contributed by atoms with E-state index in [9.17, 15) is 13.6 Å². The highest BCUT2D eigenvalue weighted by Crippen LogP contribution is 2.15. The van der Waals surface area contributed by atoms with E-state index < -0.39 is 17.7 Å². The van der Waals surface area contributed by atoms with Crippen molar-refractivity contribution < 1.29 is 18.7 Å². The van der Waals surface area contributed by atoms with E-state index in [-0.39, 0.29) is 24.0 Å². The van der Waals surface area contributed by atoms with Crippen molar-refractivity contribution in [1.82, 2.24) is 4.90 Å². The molecule has 3 nitrogen and oxygen atoms in total. The number of ketones is 1. The molecule has 5 heteroatoms. The van der Waals surface area contributed by atoms with Gasteiger partial charge in [-0.15, -0.1) is 0 Å². The van der Waals surface area contributed by atoms with Crippen molar-refractivity contribution in [3.05, 3.63) is 35.4 Å². The van der Waals surface area contributed by atoms with Gasteiger partial charge in [0.25, 0.3) is 0 Å². The molecule has 0 bridgehead atoms. The van der Waals surface area contributed by atoms with Crippen LogP contribution in [0.4, 0.5) is 8.78 Å². The predicted octanol–water partition coefficient (Wildman–Crippen LogP) is 2.63. The summed E-state index contributed by atoms with van der Waals surface area (Å²) in [6, 6.07) is 2.85. The van der Waals surface area contributed by atoms with Crippen LogP contribution in [0.25, 0.3) is 0 Å². The van der Waals surface area contributed by atoms with Crippen molar-refractivity contribution in [1.29, 1.82) is 0 Å². The molecule has 1 atom stereocenters. The van der Waals surface area contributed by atoms with Crippen LogP contribution in [-0.4, -0.2) is 41.0 Å². The van der Waals surface area contributed by atoms with E-state index in [2.05, 4.69) is 0 Å². The fraction of sp³-hybridized carbons (Fsp3) is 0.533. The third kappa shape index (κ3) is 4.08. The molecule has 1 aromatic carbocycles. The zero-order chi connectivity index (χ0) is 15.3. The average Bonchev–Trinajstić information content (AvgIpc) is 2.41. The van der Waals surface area contributed by atoms with Gasteiger partial charge in [0, 0.05) is 24.8 Å². The number of carbonyl (C=O) groups excluding carboxylic acids is 1. The van der Waals surface area contributed by atoms with Crippen LogP contribution >= 0.6 is 0 Å². The summed E-state index contributed by atoms with van der Waals surface area (Å²) in [6.45, 7) is 6.26. The maximum absolute atomic E-state index is 13.2. The number of aliphatic hydroxyl groups excluding tert-OH is 1. The number of benzene rings is 1. The number of carbonyl (C=O) groups is 1. The summed E-state index contributed by atoms with van der Waals surface area (Å²) in [4.78, 5) is 14.3. The van der Waals surface area contributed by atoms with Gasteiger partial charge in [-0.2, -0.15) is 0 Å². The third-order valence-corrected chi connectivity index (χ3v) is 3.32. The molecule has 0 amide bonds. The lowest BCUT2D eigenvalue weighted by atomic mass is 10.0. The molecule has 0 aliphatic rings. The lowest BCUT2D eigenvalue weighted by Crippen LogP contribution is -2.44. The van der Waals surface area contributed by atoms with Crippen molar-refractivity contribution in [2.24, 2.45) is 0 Å². The highest BCUT2D eigenvalue weighted by molar-refractivity contribution is 5.99. The molecule has 1 aromatic rings. The topological polar surface area (TPSA) is 40.5 Å². The van der Waals surface area contributed by atoms with Crippen molar-refractivity contribution in [2.45, 2.75) is 39.3 Å². The van der Waals surface area contributed by atoms with E-state index in [0.29, 0.717) is 13.0 Å². The van der Waals surface area contributed by atoms with Gasteiger partial charge in [-0.25, -0.2) is 8.78 Å². The van der Waals surface area contributed by atoms with E-state index in [0.717, 1.165) is 12.1 Å². The summed E-state index contributed by atoms with van der Waals surface area (Å²) < 4.78 is 26.1. The molecule has 20 heavy (non-hydrogen) atoms. The third-order valence-electron chi connectivity index (χ3n) is 3.32. The zero-order valence-corrected chi connectivity index (χ0v) is 12.1. The minimum Gasteiger partial charge on any atom is -0.396 e. The number of hydrogen-bond donors (Lipinski definition) is 1. The second-order valence-electron chi connectivity index (χ2n) is 5.08. The normalized spacial score (nSPS) is 13.0. The molecule has 0 aromatic heterocycles. The lowest BCUT2D eigenvalue weighted by molar-refractivity contribution is 0.0772. The minimum absolute atomic E-state index is 0.0509. The number of nitrogens with zero attached hydrogens (tertiary/aromatic N) is 1. The van der Waals surface area contributed by atoms with Crippen LogP contribution in [0.2, 0.25) is 0 Å². The van der Waals surface area contributed by atoms with E-state index in [1.54, 1.807) is 6.92 Å². The molecule has 0 fully saturated rings. The standard InChI is InChI=1S/C15H21F2NO2/c1-10(2)18(7-4-8-19)11(3)15(20)12-5-6-13(16)14(17)9-12/h5-6,9-11,19H,4,7-8H2,1-3H3. The molecular formula is C15H21F2NO2. The van der Waals surface area contributed by atoms with Gasteiger partial charge in [0.05, 0.1) is 6.04 Å². The van der Waals surface area contributed by atoms with Crippen molar-refractivity contribution in [3.8, 4) is 0 Å². The minimum atomic E-state index is -1.02. The second kappa shape index (κ2) is 7.45. The van der Waals surface area contributed by atoms with Crippen LogP contribution < -0.4 is 0 Å². The second-order valence-corrected chi connectivity index (χ2v) is 5.08. The summed E-state index contributed by atoms with van der Waals surface area (Å²) in [6.07, 6.45) is 0.563. The smallest absolute Gasteiger partial charge is 0.179 e. The Morgan fingerprint density at radius 2 is 1.90 bits per heavy atom. The van der Waals surface area contributed by atoms with Crippen molar-refractivity contribution in [2.75, 3.05) is 13.2 Å². The summed E-state index contributed by atoms with van der Waals surface area (Å²) in [5.74, 6) is -2.24. The Morgan fingerprint density at radius 1 is 1.25 bits per heavy atom. The average molecular weight is 285 g/mol. The fourth-order valence-electron chi connectivity index (χ4n) is 2.19. The molecular weight excluding hydrogens is 264 g/mol. The summed E-state index contributed by atoms with van der Waals surface area (Å²) in [5, 5.41) is 8.90. The molecule has 0 saturated carbocycles. The van der Waals surface area contributed by atoms with E-state index in [1.807, 2.05) is 18.7 Å². The first kappa shape index (κ1) is 16.7. The van der Waals surface area contributed by atoms with Gasteiger partial charge in [-0.05, 0) is 45.4 Å². The Balaban J connectivity index is 2.89. The first-order chi connectivity index (χ1) is 9.38. The molecule has 1 N–H and O–H groups in total. The molecule has 0 aliphatic heterocycles. The van der Waals surface area contributed by atoms with Gasteiger partial charge in [0.2, 0.25) is 0 Å². The zero-order valence-electron chi connectivity index (χ0n) is 12.1. The Hall–Kier alpha value is -1.33. The van der Waals surface area contributed by atoms with Gasteiger partial charge >= 0.3 is 0 Å². The fourth-order valence-corrected chi connectivity index (χ4v) is 2.19. The van der Waals surface area contributed by atoms with Crippen LogP contribution in [-0.2, 0) is 0 Å². The molecule has 0 radical (unpaired) electrons. The van der Waals surface area contributed by atoms with Crippen molar-refractivity contribution in [3.63, 3.8) is 0 Å².